The Bertz CT molecular complexity index is 312. The Morgan fingerprint density at radius 2 is 1.50 bits per heavy atom. The second kappa shape index (κ2) is 5.21. The normalized spacial score (nSPS) is 11.6. The smallest absolute Gasteiger partial charge is 0.141 e. The Balaban J connectivity index is 2.54. The van der Waals surface area contributed by atoms with E-state index in [1.54, 1.807) is 0 Å². The van der Waals surface area contributed by atoms with Gasteiger partial charge in [-0.3, -0.25) is 4.90 Å². The lowest BCUT2D eigenvalue weighted by atomic mass is 10.2. The van der Waals surface area contributed by atoms with E-state index in [9.17, 15) is 0 Å². The number of hydrogen-bond acceptors (Lipinski definition) is 3. The van der Waals surface area contributed by atoms with Crippen LogP contribution in [-0.2, 0) is 0 Å². The van der Waals surface area contributed by atoms with E-state index in [4.69, 9.17) is 9.47 Å². The molecule has 0 radical (unpaired) electrons. The van der Waals surface area contributed by atoms with Gasteiger partial charge in [0.05, 0.1) is 0 Å². The zero-order valence-electron chi connectivity index (χ0n) is 10.8. The molecule has 1 rings (SSSR count). The third-order valence-corrected chi connectivity index (χ3v) is 1.74. The van der Waals surface area contributed by atoms with Crippen molar-refractivity contribution in [3.8, 4) is 11.5 Å². The molecular formula is C13H21NO2. The quantitative estimate of drug-likeness (QED) is 0.733. The van der Waals surface area contributed by atoms with Gasteiger partial charge in [-0.25, -0.2) is 0 Å². The molecule has 0 aliphatic carbocycles. The predicted octanol–water partition coefficient (Wildman–Crippen LogP) is 2.76. The SMILES string of the molecule is CN(C)COc1ccc(OC(C)(C)C)cc1. The highest BCUT2D eigenvalue weighted by molar-refractivity contribution is 5.31. The molecular weight excluding hydrogens is 202 g/mol. The maximum atomic E-state index is 5.72. The summed E-state index contributed by atoms with van der Waals surface area (Å²) in [6.07, 6.45) is 0. The molecule has 0 unspecified atom stereocenters. The zero-order valence-corrected chi connectivity index (χ0v) is 10.8. The first-order valence-electron chi connectivity index (χ1n) is 5.43. The van der Waals surface area contributed by atoms with Crippen LogP contribution in [0.2, 0.25) is 0 Å². The van der Waals surface area contributed by atoms with E-state index < -0.39 is 0 Å². The molecule has 1 aromatic carbocycles. The minimum absolute atomic E-state index is 0.161. The van der Waals surface area contributed by atoms with E-state index in [1.807, 2.05) is 64.0 Å². The van der Waals surface area contributed by atoms with Gasteiger partial charge in [0.1, 0.15) is 23.8 Å². The molecule has 0 bridgehead atoms. The maximum absolute atomic E-state index is 5.72. The van der Waals surface area contributed by atoms with Crippen molar-refractivity contribution in [3.63, 3.8) is 0 Å². The molecule has 0 spiro atoms. The average Bonchev–Trinajstić information content (AvgIpc) is 2.14. The molecule has 0 saturated heterocycles. The Morgan fingerprint density at radius 1 is 1.00 bits per heavy atom. The van der Waals surface area contributed by atoms with E-state index in [0.717, 1.165) is 11.5 Å². The summed E-state index contributed by atoms with van der Waals surface area (Å²) in [5.74, 6) is 1.72. The van der Waals surface area contributed by atoms with Crippen molar-refractivity contribution in [2.75, 3.05) is 20.8 Å². The molecule has 3 nitrogen and oxygen atoms in total. The summed E-state index contributed by atoms with van der Waals surface area (Å²) in [5, 5.41) is 0. The maximum Gasteiger partial charge on any atom is 0.141 e. The molecule has 3 heteroatoms. The van der Waals surface area contributed by atoms with Crippen molar-refractivity contribution in [2.24, 2.45) is 0 Å². The summed E-state index contributed by atoms with van der Waals surface area (Å²) >= 11 is 0. The highest BCUT2D eigenvalue weighted by Gasteiger charge is 2.11. The third kappa shape index (κ3) is 5.03. The monoisotopic (exact) mass is 223 g/mol. The number of ether oxygens (including phenoxy) is 2. The van der Waals surface area contributed by atoms with Gasteiger partial charge < -0.3 is 9.47 Å². The first-order valence-corrected chi connectivity index (χ1v) is 5.43. The highest BCUT2D eigenvalue weighted by atomic mass is 16.5. The van der Waals surface area contributed by atoms with Crippen molar-refractivity contribution < 1.29 is 9.47 Å². The Hall–Kier alpha value is -1.22. The fourth-order valence-corrected chi connectivity index (χ4v) is 1.16. The minimum atomic E-state index is -0.161. The van der Waals surface area contributed by atoms with Crippen molar-refractivity contribution in [3.05, 3.63) is 24.3 Å². The standard InChI is InChI=1S/C13H21NO2/c1-13(2,3)16-12-8-6-11(7-9-12)15-10-14(4)5/h6-9H,10H2,1-5H3. The summed E-state index contributed by atoms with van der Waals surface area (Å²) in [4.78, 5) is 1.97. The lowest BCUT2D eigenvalue weighted by molar-refractivity contribution is 0.130. The van der Waals surface area contributed by atoms with Crippen LogP contribution in [0.4, 0.5) is 0 Å². The molecule has 0 heterocycles. The molecule has 1 aromatic rings. The summed E-state index contributed by atoms with van der Waals surface area (Å²) in [7, 11) is 3.94. The van der Waals surface area contributed by atoms with Gasteiger partial charge in [-0.1, -0.05) is 0 Å². The van der Waals surface area contributed by atoms with Crippen LogP contribution in [-0.4, -0.2) is 31.3 Å². The van der Waals surface area contributed by atoms with Gasteiger partial charge in [-0.15, -0.1) is 0 Å². The summed E-state index contributed by atoms with van der Waals surface area (Å²) in [6.45, 7) is 6.68. The van der Waals surface area contributed by atoms with E-state index in [0.29, 0.717) is 6.73 Å². The largest absolute Gasteiger partial charge is 0.488 e. The summed E-state index contributed by atoms with van der Waals surface area (Å²) < 4.78 is 11.2. The molecule has 0 aliphatic heterocycles. The molecule has 0 fully saturated rings. The topological polar surface area (TPSA) is 21.7 Å². The van der Waals surface area contributed by atoms with Crippen LogP contribution in [0.25, 0.3) is 0 Å². The van der Waals surface area contributed by atoms with E-state index in [-0.39, 0.29) is 5.60 Å². The first kappa shape index (κ1) is 12.8. The predicted molar refractivity (Wildman–Crippen MR) is 66.0 cm³/mol. The zero-order chi connectivity index (χ0) is 12.2. The van der Waals surface area contributed by atoms with Crippen molar-refractivity contribution >= 4 is 0 Å². The Morgan fingerprint density at radius 3 is 1.94 bits per heavy atom. The van der Waals surface area contributed by atoms with Gasteiger partial charge in [0.2, 0.25) is 0 Å². The van der Waals surface area contributed by atoms with Gasteiger partial charge >= 0.3 is 0 Å². The molecule has 16 heavy (non-hydrogen) atoms. The molecule has 0 saturated carbocycles. The Labute approximate surface area is 98.0 Å². The lowest BCUT2D eigenvalue weighted by Crippen LogP contribution is -2.22. The molecule has 90 valence electrons. The third-order valence-electron chi connectivity index (χ3n) is 1.74. The Kier molecular flexibility index (Phi) is 4.19. The number of benzene rings is 1. The van der Waals surface area contributed by atoms with Gasteiger partial charge in [0, 0.05) is 0 Å². The van der Waals surface area contributed by atoms with Crippen LogP contribution in [0.3, 0.4) is 0 Å². The van der Waals surface area contributed by atoms with Crippen molar-refractivity contribution in [1.82, 2.24) is 4.90 Å². The second-order valence-electron chi connectivity index (χ2n) is 5.04. The summed E-state index contributed by atoms with van der Waals surface area (Å²) in [5.41, 5.74) is -0.161. The van der Waals surface area contributed by atoms with E-state index in [1.165, 1.54) is 0 Å². The molecule has 0 atom stereocenters. The van der Waals surface area contributed by atoms with Crippen LogP contribution in [0, 0.1) is 0 Å². The van der Waals surface area contributed by atoms with Gasteiger partial charge in [0.15, 0.2) is 0 Å². The first-order chi connectivity index (χ1) is 7.37. The fraction of sp³-hybridized carbons (Fsp3) is 0.538. The van der Waals surface area contributed by atoms with Crippen LogP contribution in [0.5, 0.6) is 11.5 Å². The lowest BCUT2D eigenvalue weighted by Gasteiger charge is -2.21. The summed E-state index contributed by atoms with van der Waals surface area (Å²) in [6, 6.07) is 7.70. The van der Waals surface area contributed by atoms with E-state index in [2.05, 4.69) is 0 Å². The van der Waals surface area contributed by atoms with Crippen LogP contribution >= 0.6 is 0 Å². The van der Waals surface area contributed by atoms with Crippen molar-refractivity contribution in [1.29, 1.82) is 0 Å². The van der Waals surface area contributed by atoms with Crippen molar-refractivity contribution in [2.45, 2.75) is 26.4 Å². The molecule has 0 N–H and O–H groups in total. The number of hydrogen-bond donors (Lipinski definition) is 0. The van der Waals surface area contributed by atoms with Gasteiger partial charge in [0.25, 0.3) is 0 Å². The number of nitrogens with zero attached hydrogens (tertiary/aromatic N) is 1. The van der Waals surface area contributed by atoms with Gasteiger partial charge in [-0.2, -0.15) is 0 Å². The average molecular weight is 223 g/mol. The number of rotatable bonds is 4. The molecule has 0 amide bonds. The van der Waals surface area contributed by atoms with Crippen LogP contribution < -0.4 is 9.47 Å². The van der Waals surface area contributed by atoms with E-state index >= 15 is 0 Å². The van der Waals surface area contributed by atoms with Crippen LogP contribution in [0.1, 0.15) is 20.8 Å². The van der Waals surface area contributed by atoms with Gasteiger partial charge in [-0.05, 0) is 59.1 Å². The minimum Gasteiger partial charge on any atom is -0.488 e. The molecule has 0 aromatic heterocycles. The highest BCUT2D eigenvalue weighted by Crippen LogP contribution is 2.21. The second-order valence-corrected chi connectivity index (χ2v) is 5.04. The van der Waals surface area contributed by atoms with Crippen LogP contribution in [0.15, 0.2) is 24.3 Å². The molecule has 0 aliphatic rings. The fourth-order valence-electron chi connectivity index (χ4n) is 1.16.